The topological polar surface area (TPSA) is 241 Å². The Morgan fingerprint density at radius 1 is 0.721 bits per heavy atom. The highest BCUT2D eigenvalue weighted by Crippen LogP contribution is 2.40. The lowest BCUT2D eigenvalue weighted by atomic mass is 9.94. The maximum Gasteiger partial charge on any atom is 0.339 e. The van der Waals surface area contributed by atoms with Crippen LogP contribution >= 0.6 is 0 Å². The number of halogens is 1. The number of ether oxygens (including phenoxy) is 2. The summed E-state index contributed by atoms with van der Waals surface area (Å²) in [6.45, 7) is 0. The Morgan fingerprint density at radius 2 is 1.28 bits per heavy atom. The second-order valence-electron chi connectivity index (χ2n) is 13.3. The Balaban J connectivity index is 1.18. The van der Waals surface area contributed by atoms with Crippen molar-refractivity contribution in [2.75, 3.05) is 30.2 Å². The second-order valence-corrected chi connectivity index (χ2v) is 13.3. The molecule has 0 bridgehead atoms. The molecule has 5 aromatic rings. The van der Waals surface area contributed by atoms with E-state index in [4.69, 9.17) is 9.47 Å². The number of phenols is 2. The summed E-state index contributed by atoms with van der Waals surface area (Å²) in [6.07, 6.45) is 0.342. The number of allylic oxidation sites excluding steroid dienone is 1. The molecule has 0 aliphatic rings. The van der Waals surface area contributed by atoms with Crippen molar-refractivity contribution in [2.45, 2.75) is 19.3 Å². The fourth-order valence-corrected chi connectivity index (χ4v) is 6.01. The van der Waals surface area contributed by atoms with Crippen LogP contribution in [0.2, 0.25) is 0 Å². The first kappa shape index (κ1) is 43.8. The first-order chi connectivity index (χ1) is 29.2. The molecule has 1 atom stereocenters. The Kier molecular flexibility index (Phi) is 14.3. The van der Waals surface area contributed by atoms with Gasteiger partial charge in [-0.25, -0.2) is 9.18 Å². The highest BCUT2D eigenvalue weighted by Gasteiger charge is 2.25. The Morgan fingerprint density at radius 3 is 1.85 bits per heavy atom. The number of carbonyl (C=O) groups is 6. The van der Waals surface area contributed by atoms with Crippen LogP contribution in [0.15, 0.2) is 109 Å². The molecule has 0 unspecified atom stereocenters. The fraction of sp³-hybridized carbons (Fsp3) is 0.133. The zero-order valence-electron chi connectivity index (χ0n) is 32.5. The number of nitriles is 1. The van der Waals surface area contributed by atoms with Crippen molar-refractivity contribution < 1.29 is 58.0 Å². The standard InChI is InChI=1S/C45H37FN4O11/c1-60-40-34(18-16-31(38(40)53)44(57)50-35-19-17-32(45(58)59)39(54)41(35)61-2)49-42(55)28-12-14-30(15-13-28)48-43(56)29(20-21-47)24-36(51)27-10-8-26(9-11-27)23-37(52)33(46)22-25-6-4-3-5-7-25/h3-19,22,29,53-54H,20,23-24H2,1-2H3,(H,48,56)(H,49,55)(H,50,57)(H,58,59)/b33-22-/t29-/m1/s1. The van der Waals surface area contributed by atoms with Gasteiger partial charge in [0.2, 0.25) is 5.91 Å². The molecule has 15 nitrogen and oxygen atoms in total. The van der Waals surface area contributed by atoms with Gasteiger partial charge in [-0.05, 0) is 65.7 Å². The number of carboxylic acid groups (broad SMARTS) is 1. The summed E-state index contributed by atoms with van der Waals surface area (Å²) >= 11 is 0. The average molecular weight is 829 g/mol. The van der Waals surface area contributed by atoms with Crippen molar-refractivity contribution in [1.82, 2.24) is 0 Å². The quantitative estimate of drug-likeness (QED) is 0.0403. The lowest BCUT2D eigenvalue weighted by Gasteiger charge is -2.16. The summed E-state index contributed by atoms with van der Waals surface area (Å²) in [4.78, 5) is 76.4. The van der Waals surface area contributed by atoms with E-state index in [0.717, 1.165) is 19.3 Å². The molecule has 61 heavy (non-hydrogen) atoms. The number of nitrogens with zero attached hydrogens (tertiary/aromatic N) is 1. The lowest BCUT2D eigenvalue weighted by Crippen LogP contribution is -2.25. The van der Waals surface area contributed by atoms with Gasteiger partial charge < -0.3 is 40.7 Å². The largest absolute Gasteiger partial charge is 0.504 e. The molecule has 310 valence electrons. The van der Waals surface area contributed by atoms with Gasteiger partial charge in [0.1, 0.15) is 5.56 Å². The third kappa shape index (κ3) is 10.8. The molecular weight excluding hydrogens is 792 g/mol. The molecule has 0 fully saturated rings. The van der Waals surface area contributed by atoms with Crippen LogP contribution in [0.1, 0.15) is 65.4 Å². The van der Waals surface area contributed by atoms with Gasteiger partial charge in [-0.2, -0.15) is 5.26 Å². The normalized spacial score (nSPS) is 11.3. The van der Waals surface area contributed by atoms with Gasteiger partial charge in [0, 0.05) is 36.1 Å². The number of phenolic OH excluding ortho intramolecular Hbond substituents is 1. The lowest BCUT2D eigenvalue weighted by molar-refractivity contribution is -0.119. The molecule has 0 saturated carbocycles. The molecule has 0 saturated heterocycles. The van der Waals surface area contributed by atoms with Crippen LogP contribution in [0, 0.1) is 17.2 Å². The number of carbonyl (C=O) groups excluding carboxylic acids is 5. The van der Waals surface area contributed by atoms with Gasteiger partial charge in [-0.15, -0.1) is 0 Å². The van der Waals surface area contributed by atoms with Crippen LogP contribution in [0.3, 0.4) is 0 Å². The summed E-state index contributed by atoms with van der Waals surface area (Å²) in [7, 11) is 2.35. The number of carboxylic acids is 1. The SMILES string of the molecule is COc1c(NC(=O)c2ccc(NC(=O)c3ccc(NC(=O)[C@H](CC#N)CC(=O)c4ccc(CC(=O)/C(F)=C/c5ccccc5)cc4)cc3)c(OC)c2O)ccc(C(=O)O)c1O. The summed E-state index contributed by atoms with van der Waals surface area (Å²) in [5.41, 5.74) is 0.741. The van der Waals surface area contributed by atoms with Crippen molar-refractivity contribution >= 4 is 58.4 Å². The van der Waals surface area contributed by atoms with E-state index in [1.165, 1.54) is 73.8 Å². The van der Waals surface area contributed by atoms with Crippen molar-refractivity contribution in [3.8, 4) is 29.1 Å². The zero-order valence-corrected chi connectivity index (χ0v) is 32.5. The summed E-state index contributed by atoms with van der Waals surface area (Å²) < 4.78 is 24.8. The molecule has 0 aliphatic carbocycles. The molecule has 0 heterocycles. The number of methoxy groups -OCH3 is 2. The minimum atomic E-state index is -1.43. The van der Waals surface area contributed by atoms with E-state index in [1.54, 1.807) is 30.3 Å². The number of anilines is 3. The number of ketones is 2. The predicted octanol–water partition coefficient (Wildman–Crippen LogP) is 7.18. The molecule has 3 amide bonds. The first-order valence-corrected chi connectivity index (χ1v) is 18.3. The Labute approximate surface area is 347 Å². The average Bonchev–Trinajstić information content (AvgIpc) is 3.24. The van der Waals surface area contributed by atoms with E-state index in [1.807, 2.05) is 6.07 Å². The number of hydrogen-bond acceptors (Lipinski definition) is 11. The smallest absolute Gasteiger partial charge is 0.339 e. The highest BCUT2D eigenvalue weighted by molar-refractivity contribution is 6.10. The van der Waals surface area contributed by atoms with E-state index in [0.29, 0.717) is 11.1 Å². The first-order valence-electron chi connectivity index (χ1n) is 18.3. The van der Waals surface area contributed by atoms with Gasteiger partial charge in [0.25, 0.3) is 11.8 Å². The molecule has 5 rings (SSSR count). The minimum Gasteiger partial charge on any atom is -0.504 e. The van der Waals surface area contributed by atoms with Crippen LogP contribution < -0.4 is 25.4 Å². The maximum absolute atomic E-state index is 14.5. The number of aromatic hydroxyl groups is 2. The van der Waals surface area contributed by atoms with Crippen LogP contribution in [0.25, 0.3) is 6.08 Å². The second kappa shape index (κ2) is 19.9. The van der Waals surface area contributed by atoms with Gasteiger partial charge >= 0.3 is 5.97 Å². The third-order valence-corrected chi connectivity index (χ3v) is 9.20. The van der Waals surface area contributed by atoms with Crippen LogP contribution in [-0.2, 0) is 16.0 Å². The molecule has 0 radical (unpaired) electrons. The summed E-state index contributed by atoms with van der Waals surface area (Å²) in [6, 6.07) is 26.8. The van der Waals surface area contributed by atoms with Gasteiger partial charge in [0.05, 0.1) is 43.1 Å². The van der Waals surface area contributed by atoms with Crippen LogP contribution in [-0.4, -0.2) is 64.8 Å². The summed E-state index contributed by atoms with van der Waals surface area (Å²) in [5.74, 6) is -8.67. The Bertz CT molecular complexity index is 2570. The van der Waals surface area contributed by atoms with Gasteiger partial charge in [0.15, 0.2) is 40.4 Å². The van der Waals surface area contributed by atoms with Crippen molar-refractivity contribution in [2.24, 2.45) is 5.92 Å². The number of benzene rings is 5. The van der Waals surface area contributed by atoms with Gasteiger partial charge in [-0.1, -0.05) is 54.6 Å². The van der Waals surface area contributed by atoms with Gasteiger partial charge in [-0.3, -0.25) is 24.0 Å². The monoisotopic (exact) mass is 828 g/mol. The van der Waals surface area contributed by atoms with Crippen LogP contribution in [0.5, 0.6) is 23.0 Å². The zero-order chi connectivity index (χ0) is 44.2. The number of hydrogen-bond donors (Lipinski definition) is 6. The molecule has 16 heteroatoms. The van der Waals surface area contributed by atoms with E-state index in [2.05, 4.69) is 16.0 Å². The molecule has 6 N–H and O–H groups in total. The summed E-state index contributed by atoms with van der Waals surface area (Å²) in [5, 5.41) is 47.5. The van der Waals surface area contributed by atoms with E-state index in [9.17, 15) is 53.7 Å². The minimum absolute atomic E-state index is 0.0167. The number of rotatable bonds is 17. The van der Waals surface area contributed by atoms with E-state index >= 15 is 0 Å². The third-order valence-electron chi connectivity index (χ3n) is 9.20. The molecule has 5 aromatic carbocycles. The number of amides is 3. The highest BCUT2D eigenvalue weighted by atomic mass is 19.1. The molecule has 0 aromatic heterocycles. The van der Waals surface area contributed by atoms with E-state index < -0.39 is 64.1 Å². The number of nitrogens with one attached hydrogen (secondary N) is 3. The maximum atomic E-state index is 14.5. The predicted molar refractivity (Wildman–Crippen MR) is 221 cm³/mol. The van der Waals surface area contributed by atoms with Crippen molar-refractivity contribution in [3.63, 3.8) is 0 Å². The number of Topliss-reactive ketones (excluding diaryl/α,β-unsaturated/α-hetero) is 2. The fourth-order valence-electron chi connectivity index (χ4n) is 6.01. The molecule has 0 spiro atoms. The molecule has 0 aliphatic heterocycles. The van der Waals surface area contributed by atoms with E-state index in [-0.39, 0.29) is 64.5 Å². The number of aromatic carboxylic acids is 1. The van der Waals surface area contributed by atoms with Crippen molar-refractivity contribution in [1.29, 1.82) is 5.26 Å². The Hall–Kier alpha value is -8.32. The van der Waals surface area contributed by atoms with Crippen molar-refractivity contribution in [3.05, 3.63) is 142 Å². The van der Waals surface area contributed by atoms with Crippen LogP contribution in [0.4, 0.5) is 21.5 Å². The molecular formula is C45H37FN4O11.